The number of hydrogen-bond donors (Lipinski definition) is 3. The average molecular weight is 407 g/mol. The smallest absolute Gasteiger partial charge is 0.243 e. The molecule has 0 aromatic heterocycles. The molecule has 4 nitrogen and oxygen atoms in total. The van der Waals surface area contributed by atoms with Crippen molar-refractivity contribution < 1.29 is 18.8 Å². The van der Waals surface area contributed by atoms with E-state index in [1.165, 1.54) is 30.5 Å². The third-order valence-electron chi connectivity index (χ3n) is 4.47. The van der Waals surface area contributed by atoms with Gasteiger partial charge in [0.05, 0.1) is 0 Å². The minimum atomic E-state index is -0.436. The van der Waals surface area contributed by atoms with Gasteiger partial charge >= 0.3 is 0 Å². The fraction of sp³-hybridized carbons (Fsp3) is 0.435. The molecule has 1 amide bonds. The van der Waals surface area contributed by atoms with Gasteiger partial charge in [0.25, 0.3) is 0 Å². The van der Waals surface area contributed by atoms with Gasteiger partial charge < -0.3 is 5.32 Å². The molecule has 0 radical (unpaired) electrons. The van der Waals surface area contributed by atoms with E-state index in [9.17, 15) is 13.6 Å². The largest absolute Gasteiger partial charge is 0.316 e. The predicted molar refractivity (Wildman–Crippen MR) is 112 cm³/mol. The second-order valence-corrected chi connectivity index (χ2v) is 7.06. The Morgan fingerprint density at radius 1 is 0.966 bits per heavy atom. The lowest BCUT2D eigenvalue weighted by Crippen LogP contribution is -2.18. The van der Waals surface area contributed by atoms with E-state index < -0.39 is 5.91 Å². The summed E-state index contributed by atoms with van der Waals surface area (Å²) in [4.78, 5) is 10.8. The minimum Gasteiger partial charge on any atom is -0.316 e. The summed E-state index contributed by atoms with van der Waals surface area (Å²) in [6, 6.07) is 10.1. The molecule has 2 aromatic carbocycles. The molecular weight excluding hydrogens is 374 g/mol. The summed E-state index contributed by atoms with van der Waals surface area (Å²) in [5.41, 5.74) is 4.81. The van der Waals surface area contributed by atoms with E-state index in [2.05, 4.69) is 12.2 Å². The van der Waals surface area contributed by atoms with Crippen LogP contribution in [0.3, 0.4) is 0 Å². The predicted octanol–water partition coefficient (Wildman–Crippen LogP) is 4.64. The molecule has 0 saturated carbocycles. The van der Waals surface area contributed by atoms with Gasteiger partial charge in [-0.2, -0.15) is 0 Å². The van der Waals surface area contributed by atoms with Crippen LogP contribution in [0, 0.1) is 25.5 Å². The molecule has 0 atom stereocenters. The fourth-order valence-electron chi connectivity index (χ4n) is 2.80. The first-order valence-corrected chi connectivity index (χ1v) is 10.0. The Bertz CT molecular complexity index is 726. The van der Waals surface area contributed by atoms with E-state index >= 15 is 0 Å². The lowest BCUT2D eigenvalue weighted by atomic mass is 10.0. The maximum Gasteiger partial charge on any atom is 0.243 e. The van der Waals surface area contributed by atoms with Crippen molar-refractivity contribution in [3.63, 3.8) is 0 Å². The summed E-state index contributed by atoms with van der Waals surface area (Å²) >= 11 is 0. The lowest BCUT2D eigenvalue weighted by Gasteiger charge is -2.06. The molecule has 6 heteroatoms. The van der Waals surface area contributed by atoms with Gasteiger partial charge in [-0.3, -0.25) is 10.0 Å². The number of benzene rings is 2. The number of carbonyl (C=O) groups excluding carboxylic acids is 1. The topological polar surface area (TPSA) is 61.4 Å². The van der Waals surface area contributed by atoms with Gasteiger partial charge in [-0.15, -0.1) is 0 Å². The number of hydroxylamine groups is 1. The lowest BCUT2D eigenvalue weighted by molar-refractivity contribution is -0.129. The molecule has 2 aromatic rings. The number of aryl methyl sites for hydroxylation is 3. The first-order chi connectivity index (χ1) is 13.9. The van der Waals surface area contributed by atoms with Gasteiger partial charge in [-0.25, -0.2) is 14.3 Å². The molecule has 0 aliphatic heterocycles. The van der Waals surface area contributed by atoms with Crippen LogP contribution in [0.5, 0.6) is 0 Å². The van der Waals surface area contributed by atoms with Crippen molar-refractivity contribution in [1.82, 2.24) is 10.8 Å². The summed E-state index contributed by atoms with van der Waals surface area (Å²) in [6.45, 7) is 7.63. The molecule has 2 rings (SSSR count). The van der Waals surface area contributed by atoms with Crippen LogP contribution < -0.4 is 10.8 Å². The van der Waals surface area contributed by atoms with Crippen molar-refractivity contribution in [1.29, 1.82) is 0 Å². The molecule has 0 aliphatic carbocycles. The van der Waals surface area contributed by atoms with E-state index in [1.54, 1.807) is 31.5 Å². The first-order valence-electron chi connectivity index (χ1n) is 10.0. The van der Waals surface area contributed by atoms with E-state index in [0.29, 0.717) is 17.5 Å². The Morgan fingerprint density at radius 3 is 2.14 bits per heavy atom. The zero-order valence-corrected chi connectivity index (χ0v) is 17.5. The summed E-state index contributed by atoms with van der Waals surface area (Å²) in [5, 5.41) is 11.7. The highest BCUT2D eigenvalue weighted by Crippen LogP contribution is 2.15. The zero-order chi connectivity index (χ0) is 21.6. The number of halogens is 2. The van der Waals surface area contributed by atoms with Gasteiger partial charge in [0.15, 0.2) is 0 Å². The number of nitrogens with one attached hydrogen (secondary N) is 2. The molecule has 160 valence electrons. The van der Waals surface area contributed by atoms with E-state index in [-0.39, 0.29) is 18.1 Å². The molecule has 0 fully saturated rings. The van der Waals surface area contributed by atoms with E-state index in [0.717, 1.165) is 25.1 Å². The van der Waals surface area contributed by atoms with Crippen LogP contribution >= 0.6 is 0 Å². The quantitative estimate of drug-likeness (QED) is 0.323. The van der Waals surface area contributed by atoms with Crippen molar-refractivity contribution in [2.45, 2.75) is 52.9 Å². The number of unbranched alkanes of at least 4 members (excludes halogenated alkanes) is 1. The highest BCUT2D eigenvalue weighted by Gasteiger charge is 2.06. The highest BCUT2D eigenvalue weighted by atomic mass is 19.1. The molecule has 0 heterocycles. The standard InChI is InChI=1S/C12H18FN.C11H14FNO2/c1-2-3-9-14-10-8-11-4-6-12(13)7-5-11;1-7-5-9(3-4-10(14)13-15)6-8(2)11(7)12/h4-7,14H,2-3,8-10H2,1H3;5-6,15H,3-4H2,1-2H3,(H,13,14). The summed E-state index contributed by atoms with van der Waals surface area (Å²) in [5.74, 6) is -0.798. The molecule has 0 bridgehead atoms. The summed E-state index contributed by atoms with van der Waals surface area (Å²) in [6.07, 6.45) is 4.12. The maximum atomic E-state index is 13.3. The zero-order valence-electron chi connectivity index (χ0n) is 17.5. The number of rotatable bonds is 9. The van der Waals surface area contributed by atoms with Crippen LogP contribution in [0.2, 0.25) is 0 Å². The van der Waals surface area contributed by atoms with Crippen LogP contribution in [-0.2, 0) is 17.6 Å². The maximum absolute atomic E-state index is 13.3. The monoisotopic (exact) mass is 406 g/mol. The number of amides is 1. The molecular formula is C23H32F2N2O2. The molecule has 3 N–H and O–H groups in total. The van der Waals surface area contributed by atoms with E-state index in [1.807, 2.05) is 12.1 Å². The van der Waals surface area contributed by atoms with Gasteiger partial charge in [0.2, 0.25) is 5.91 Å². The second kappa shape index (κ2) is 13.8. The van der Waals surface area contributed by atoms with Crippen molar-refractivity contribution in [3.05, 3.63) is 70.3 Å². The van der Waals surface area contributed by atoms with E-state index in [4.69, 9.17) is 5.21 Å². The van der Waals surface area contributed by atoms with Crippen LogP contribution in [0.4, 0.5) is 8.78 Å². The van der Waals surface area contributed by atoms with Gasteiger partial charge in [-0.05, 0) is 80.6 Å². The summed E-state index contributed by atoms with van der Waals surface area (Å²) in [7, 11) is 0. The Labute approximate surface area is 172 Å². The normalized spacial score (nSPS) is 10.3. The Hall–Kier alpha value is -2.31. The van der Waals surface area contributed by atoms with Gasteiger partial charge in [0, 0.05) is 6.42 Å². The molecule has 0 aliphatic rings. The van der Waals surface area contributed by atoms with Crippen LogP contribution in [0.15, 0.2) is 36.4 Å². The Morgan fingerprint density at radius 2 is 1.59 bits per heavy atom. The highest BCUT2D eigenvalue weighted by molar-refractivity contribution is 5.74. The fourth-order valence-corrected chi connectivity index (χ4v) is 2.80. The second-order valence-electron chi connectivity index (χ2n) is 7.06. The SMILES string of the molecule is CCCCNCCc1ccc(F)cc1.Cc1cc(CCC(=O)NO)cc(C)c1F. The Balaban J connectivity index is 0.000000291. The van der Waals surface area contributed by atoms with Gasteiger partial charge in [-0.1, -0.05) is 37.6 Å². The van der Waals surface area contributed by atoms with Crippen molar-refractivity contribution in [3.8, 4) is 0 Å². The third-order valence-corrected chi connectivity index (χ3v) is 4.47. The number of carbonyl (C=O) groups is 1. The third kappa shape index (κ3) is 10.1. The van der Waals surface area contributed by atoms with Crippen molar-refractivity contribution in [2.24, 2.45) is 0 Å². The van der Waals surface area contributed by atoms with Gasteiger partial charge in [0.1, 0.15) is 11.6 Å². The average Bonchev–Trinajstić information content (AvgIpc) is 2.71. The molecule has 0 unspecified atom stereocenters. The van der Waals surface area contributed by atoms with Crippen molar-refractivity contribution >= 4 is 5.91 Å². The molecule has 29 heavy (non-hydrogen) atoms. The minimum absolute atomic E-state index is 0.160. The molecule has 0 spiro atoms. The summed E-state index contributed by atoms with van der Waals surface area (Å²) < 4.78 is 25.8. The number of hydrogen-bond acceptors (Lipinski definition) is 3. The Kier molecular flexibility index (Phi) is 11.8. The van der Waals surface area contributed by atoms with Crippen molar-refractivity contribution in [2.75, 3.05) is 13.1 Å². The molecule has 0 saturated heterocycles. The van der Waals surface area contributed by atoms with Crippen LogP contribution in [0.25, 0.3) is 0 Å². The first kappa shape index (κ1) is 24.7. The van der Waals surface area contributed by atoms with Crippen LogP contribution in [0.1, 0.15) is 48.4 Å². The van der Waals surface area contributed by atoms with Crippen LogP contribution in [-0.4, -0.2) is 24.2 Å².